The van der Waals surface area contributed by atoms with Crippen molar-refractivity contribution in [2.45, 2.75) is 4.90 Å². The van der Waals surface area contributed by atoms with Crippen LogP contribution in [0, 0.1) is 11.3 Å². The summed E-state index contributed by atoms with van der Waals surface area (Å²) in [5.41, 5.74) is 0.245. The summed E-state index contributed by atoms with van der Waals surface area (Å²) in [4.78, 5) is 0.190. The molecule has 2 aromatic rings. The van der Waals surface area contributed by atoms with E-state index < -0.39 is 11.1 Å². The zero-order valence-corrected chi connectivity index (χ0v) is 8.49. The van der Waals surface area contributed by atoms with E-state index in [1.54, 1.807) is 24.3 Å². The molecule has 0 spiro atoms. The highest BCUT2D eigenvalue weighted by Crippen LogP contribution is 2.24. The molecule has 1 N–H and O–H groups in total. The quantitative estimate of drug-likeness (QED) is 0.745. The van der Waals surface area contributed by atoms with Crippen molar-refractivity contribution in [3.05, 3.63) is 42.0 Å². The lowest BCUT2D eigenvalue weighted by molar-refractivity contribution is 0.565. The second kappa shape index (κ2) is 3.81. The Balaban J connectivity index is 2.92. The van der Waals surface area contributed by atoms with Gasteiger partial charge in [0.25, 0.3) is 0 Å². The molecule has 0 heterocycles. The monoisotopic (exact) mass is 217 g/mol. The van der Waals surface area contributed by atoms with E-state index in [0.717, 1.165) is 5.39 Å². The molecule has 15 heavy (non-hydrogen) atoms. The molecule has 1 unspecified atom stereocenters. The molecule has 0 bridgehead atoms. The van der Waals surface area contributed by atoms with E-state index in [1.807, 2.05) is 18.2 Å². The summed E-state index contributed by atoms with van der Waals surface area (Å²) in [6.45, 7) is 0. The summed E-state index contributed by atoms with van der Waals surface area (Å²) < 4.78 is 20.3. The molecule has 0 saturated heterocycles. The molecule has 2 rings (SSSR count). The van der Waals surface area contributed by atoms with Crippen LogP contribution in [0.3, 0.4) is 0 Å². The van der Waals surface area contributed by atoms with Gasteiger partial charge >= 0.3 is 0 Å². The lowest BCUT2D eigenvalue weighted by Gasteiger charge is -2.04. The van der Waals surface area contributed by atoms with Crippen LogP contribution in [0.15, 0.2) is 41.3 Å². The molecule has 0 fully saturated rings. The SMILES string of the molecule is N#Cc1ccc2ccccc2c1S(=O)O. The van der Waals surface area contributed by atoms with E-state index in [-0.39, 0.29) is 10.5 Å². The van der Waals surface area contributed by atoms with Crippen molar-refractivity contribution in [1.29, 1.82) is 5.26 Å². The zero-order valence-electron chi connectivity index (χ0n) is 7.68. The van der Waals surface area contributed by atoms with Crippen LogP contribution in [0.5, 0.6) is 0 Å². The number of rotatable bonds is 1. The summed E-state index contributed by atoms with van der Waals surface area (Å²) in [6.07, 6.45) is 0. The molecular formula is C11H7NO2S. The van der Waals surface area contributed by atoms with Crippen molar-refractivity contribution in [3.8, 4) is 6.07 Å². The molecule has 0 amide bonds. The van der Waals surface area contributed by atoms with Crippen LogP contribution in [0.2, 0.25) is 0 Å². The summed E-state index contributed by atoms with van der Waals surface area (Å²) in [6, 6.07) is 12.4. The molecule has 0 aliphatic carbocycles. The third-order valence-electron chi connectivity index (χ3n) is 2.17. The molecule has 3 nitrogen and oxygen atoms in total. The Morgan fingerprint density at radius 1 is 1.20 bits per heavy atom. The Bertz CT molecular complexity index is 587. The van der Waals surface area contributed by atoms with Gasteiger partial charge in [0.2, 0.25) is 0 Å². The molecule has 0 radical (unpaired) electrons. The Morgan fingerprint density at radius 3 is 2.60 bits per heavy atom. The molecule has 0 aromatic heterocycles. The van der Waals surface area contributed by atoms with Gasteiger partial charge in [-0.05, 0) is 11.5 Å². The molecule has 0 saturated carbocycles. The van der Waals surface area contributed by atoms with Crippen molar-refractivity contribution < 1.29 is 8.76 Å². The van der Waals surface area contributed by atoms with Gasteiger partial charge in [0.15, 0.2) is 11.1 Å². The summed E-state index contributed by atoms with van der Waals surface area (Å²) in [5, 5.41) is 10.3. The fourth-order valence-electron chi connectivity index (χ4n) is 1.52. The number of hydrogen-bond donors (Lipinski definition) is 1. The van der Waals surface area contributed by atoms with E-state index in [0.29, 0.717) is 5.39 Å². The maximum absolute atomic E-state index is 11.2. The first-order valence-corrected chi connectivity index (χ1v) is 5.37. The number of nitriles is 1. The average Bonchev–Trinajstić information content (AvgIpc) is 2.27. The predicted molar refractivity (Wildman–Crippen MR) is 57.7 cm³/mol. The maximum atomic E-state index is 11.2. The van der Waals surface area contributed by atoms with Gasteiger partial charge in [-0.1, -0.05) is 30.3 Å². The first-order valence-electron chi connectivity index (χ1n) is 4.27. The highest BCUT2D eigenvalue weighted by atomic mass is 32.2. The van der Waals surface area contributed by atoms with Crippen molar-refractivity contribution in [3.63, 3.8) is 0 Å². The average molecular weight is 217 g/mol. The Kier molecular flexibility index (Phi) is 2.50. The minimum Gasteiger partial charge on any atom is -0.302 e. The van der Waals surface area contributed by atoms with Crippen LogP contribution in [-0.2, 0) is 11.1 Å². The Hall–Kier alpha value is -1.70. The molecule has 1 atom stereocenters. The fraction of sp³-hybridized carbons (Fsp3) is 0. The maximum Gasteiger partial charge on any atom is 0.188 e. The van der Waals surface area contributed by atoms with Crippen LogP contribution in [0.4, 0.5) is 0 Å². The summed E-state index contributed by atoms with van der Waals surface area (Å²) in [5.74, 6) is 0. The van der Waals surface area contributed by atoms with Crippen LogP contribution in [0.1, 0.15) is 5.56 Å². The van der Waals surface area contributed by atoms with E-state index in [4.69, 9.17) is 9.81 Å². The number of hydrogen-bond acceptors (Lipinski definition) is 2. The second-order valence-corrected chi connectivity index (χ2v) is 3.93. The second-order valence-electron chi connectivity index (χ2n) is 3.02. The van der Waals surface area contributed by atoms with Crippen LogP contribution < -0.4 is 0 Å². The molecule has 4 heteroatoms. The smallest absolute Gasteiger partial charge is 0.188 e. The summed E-state index contributed by atoms with van der Waals surface area (Å²) >= 11 is -2.14. The Morgan fingerprint density at radius 2 is 1.93 bits per heavy atom. The van der Waals surface area contributed by atoms with Gasteiger partial charge in [-0.2, -0.15) is 5.26 Å². The van der Waals surface area contributed by atoms with Crippen molar-refractivity contribution >= 4 is 21.9 Å². The minimum absolute atomic E-state index is 0.190. The largest absolute Gasteiger partial charge is 0.302 e. The van der Waals surface area contributed by atoms with Gasteiger partial charge in [0.1, 0.15) is 6.07 Å². The highest BCUT2D eigenvalue weighted by molar-refractivity contribution is 7.79. The number of benzene rings is 2. The fourth-order valence-corrected chi connectivity index (χ4v) is 2.20. The van der Waals surface area contributed by atoms with Gasteiger partial charge in [0.05, 0.1) is 10.5 Å². The van der Waals surface area contributed by atoms with Gasteiger partial charge in [-0.3, -0.25) is 0 Å². The van der Waals surface area contributed by atoms with Gasteiger partial charge in [-0.25, -0.2) is 4.21 Å². The molecular weight excluding hydrogens is 210 g/mol. The first-order chi connectivity index (χ1) is 7.24. The third-order valence-corrected chi connectivity index (χ3v) is 2.96. The number of fused-ring (bicyclic) bond motifs is 1. The van der Waals surface area contributed by atoms with Crippen LogP contribution in [0.25, 0.3) is 10.8 Å². The van der Waals surface area contributed by atoms with Crippen molar-refractivity contribution in [2.24, 2.45) is 0 Å². The molecule has 0 aliphatic heterocycles. The van der Waals surface area contributed by atoms with Gasteiger partial charge < -0.3 is 4.55 Å². The van der Waals surface area contributed by atoms with Crippen LogP contribution in [-0.4, -0.2) is 8.76 Å². The van der Waals surface area contributed by atoms with E-state index in [1.165, 1.54) is 0 Å². The normalized spacial score (nSPS) is 12.3. The van der Waals surface area contributed by atoms with Crippen LogP contribution >= 0.6 is 0 Å². The van der Waals surface area contributed by atoms with Crippen molar-refractivity contribution in [1.82, 2.24) is 0 Å². The van der Waals surface area contributed by atoms with Gasteiger partial charge in [-0.15, -0.1) is 0 Å². The lowest BCUT2D eigenvalue weighted by atomic mass is 10.1. The topological polar surface area (TPSA) is 61.1 Å². The standard InChI is InChI=1S/C11H7NO2S/c12-7-9-6-5-8-3-1-2-4-10(8)11(9)15(13)14/h1-6H,(H,13,14). The zero-order chi connectivity index (χ0) is 10.8. The van der Waals surface area contributed by atoms with Crippen molar-refractivity contribution in [2.75, 3.05) is 0 Å². The third kappa shape index (κ3) is 1.63. The van der Waals surface area contributed by atoms with E-state index >= 15 is 0 Å². The number of nitrogens with zero attached hydrogens (tertiary/aromatic N) is 1. The molecule has 2 aromatic carbocycles. The highest BCUT2D eigenvalue weighted by Gasteiger charge is 2.11. The first kappa shape index (κ1) is 9.84. The Labute approximate surface area is 89.2 Å². The molecule has 74 valence electrons. The minimum atomic E-state index is -2.14. The van der Waals surface area contributed by atoms with Gasteiger partial charge in [0, 0.05) is 5.39 Å². The summed E-state index contributed by atoms with van der Waals surface area (Å²) in [7, 11) is 0. The van der Waals surface area contributed by atoms with E-state index in [2.05, 4.69) is 0 Å². The lowest BCUT2D eigenvalue weighted by Crippen LogP contribution is -1.94. The predicted octanol–water partition coefficient (Wildman–Crippen LogP) is 2.29. The molecule has 0 aliphatic rings. The van der Waals surface area contributed by atoms with E-state index in [9.17, 15) is 4.21 Å².